The maximum Gasteiger partial charge on any atom is 0.219 e. The zero-order valence-electron chi connectivity index (χ0n) is 9.45. The molecule has 1 fully saturated rings. The van der Waals surface area contributed by atoms with Crippen molar-refractivity contribution in [2.24, 2.45) is 5.73 Å². The Kier molecular flexibility index (Phi) is 5.60. The highest BCUT2D eigenvalue weighted by Gasteiger charge is 2.17. The molecule has 15 heavy (non-hydrogen) atoms. The van der Waals surface area contributed by atoms with Crippen LogP contribution in [-0.4, -0.2) is 68.2 Å². The lowest BCUT2D eigenvalue weighted by Crippen LogP contribution is -2.48. The largest absolute Gasteiger partial charge is 0.379 e. The van der Waals surface area contributed by atoms with E-state index in [-0.39, 0.29) is 5.91 Å². The van der Waals surface area contributed by atoms with Gasteiger partial charge in [0.2, 0.25) is 5.91 Å². The first-order chi connectivity index (χ1) is 7.24. The molecule has 1 heterocycles. The van der Waals surface area contributed by atoms with Gasteiger partial charge in [-0.25, -0.2) is 0 Å². The summed E-state index contributed by atoms with van der Waals surface area (Å²) >= 11 is 0. The van der Waals surface area contributed by atoms with Crippen LogP contribution in [0.25, 0.3) is 0 Å². The van der Waals surface area contributed by atoms with Gasteiger partial charge in [-0.3, -0.25) is 9.69 Å². The van der Waals surface area contributed by atoms with Crippen molar-refractivity contribution >= 4 is 5.91 Å². The van der Waals surface area contributed by atoms with E-state index < -0.39 is 0 Å². The molecule has 5 nitrogen and oxygen atoms in total. The summed E-state index contributed by atoms with van der Waals surface area (Å²) in [6.07, 6.45) is 0. The van der Waals surface area contributed by atoms with Crippen LogP contribution in [-0.2, 0) is 9.53 Å². The average molecular weight is 215 g/mol. The molecule has 0 aliphatic carbocycles. The lowest BCUT2D eigenvalue weighted by Gasteiger charge is -2.34. The Morgan fingerprint density at radius 2 is 1.93 bits per heavy atom. The van der Waals surface area contributed by atoms with Crippen molar-refractivity contribution in [1.82, 2.24) is 9.80 Å². The summed E-state index contributed by atoms with van der Waals surface area (Å²) < 4.78 is 5.31. The van der Waals surface area contributed by atoms with Crippen molar-refractivity contribution in [2.75, 3.05) is 52.5 Å². The zero-order chi connectivity index (χ0) is 11.1. The molecule has 0 radical (unpaired) electrons. The molecule has 0 atom stereocenters. The summed E-state index contributed by atoms with van der Waals surface area (Å²) in [5.74, 6) is 0.175. The summed E-state index contributed by atoms with van der Waals surface area (Å²) in [5, 5.41) is 0. The van der Waals surface area contributed by atoms with Crippen LogP contribution in [0, 0.1) is 0 Å². The summed E-state index contributed by atoms with van der Waals surface area (Å²) in [7, 11) is 0. The fourth-order valence-electron chi connectivity index (χ4n) is 1.67. The third-order valence-electron chi connectivity index (χ3n) is 2.63. The number of nitrogens with two attached hydrogens (primary N) is 1. The van der Waals surface area contributed by atoms with Gasteiger partial charge in [0.25, 0.3) is 0 Å². The van der Waals surface area contributed by atoms with E-state index in [4.69, 9.17) is 10.5 Å². The highest BCUT2D eigenvalue weighted by atomic mass is 16.5. The number of carbonyl (C=O) groups is 1. The fraction of sp³-hybridized carbons (Fsp3) is 0.900. The van der Waals surface area contributed by atoms with Crippen LogP contribution in [0.15, 0.2) is 0 Å². The van der Waals surface area contributed by atoms with E-state index in [0.717, 1.165) is 39.3 Å². The predicted molar refractivity (Wildman–Crippen MR) is 58.6 cm³/mol. The molecule has 0 aromatic carbocycles. The molecule has 88 valence electrons. The zero-order valence-corrected chi connectivity index (χ0v) is 9.45. The minimum Gasteiger partial charge on any atom is -0.379 e. The number of rotatable bonds is 5. The first kappa shape index (κ1) is 12.4. The molecule has 1 aliphatic rings. The Morgan fingerprint density at radius 1 is 1.27 bits per heavy atom. The standard InChI is InChI=1S/C10H21N3O2/c1-10(14)13-5-3-12(4-6-13)7-9-15-8-2-11/h2-9,11H2,1H3. The smallest absolute Gasteiger partial charge is 0.219 e. The molecule has 0 aromatic heterocycles. The molecular formula is C10H21N3O2. The van der Waals surface area contributed by atoms with Crippen molar-refractivity contribution in [2.45, 2.75) is 6.92 Å². The van der Waals surface area contributed by atoms with Gasteiger partial charge in [-0.2, -0.15) is 0 Å². The van der Waals surface area contributed by atoms with Gasteiger partial charge in [0, 0.05) is 46.2 Å². The second kappa shape index (κ2) is 6.76. The number of nitrogens with zero attached hydrogens (tertiary/aromatic N) is 2. The Labute approximate surface area is 91.2 Å². The SMILES string of the molecule is CC(=O)N1CCN(CCOCCN)CC1. The first-order valence-corrected chi connectivity index (χ1v) is 5.49. The van der Waals surface area contributed by atoms with Crippen LogP contribution in [0.3, 0.4) is 0 Å². The van der Waals surface area contributed by atoms with Crippen molar-refractivity contribution in [3.8, 4) is 0 Å². The van der Waals surface area contributed by atoms with E-state index in [1.807, 2.05) is 4.90 Å². The van der Waals surface area contributed by atoms with Crippen LogP contribution in [0.2, 0.25) is 0 Å². The molecule has 1 saturated heterocycles. The molecule has 5 heteroatoms. The van der Waals surface area contributed by atoms with Crippen LogP contribution in [0.1, 0.15) is 6.92 Å². The number of carbonyl (C=O) groups excluding carboxylic acids is 1. The lowest BCUT2D eigenvalue weighted by atomic mass is 10.3. The van der Waals surface area contributed by atoms with Crippen LogP contribution >= 0.6 is 0 Å². The molecule has 0 aromatic rings. The second-order valence-electron chi connectivity index (χ2n) is 3.75. The number of hydrogen-bond donors (Lipinski definition) is 1. The van der Waals surface area contributed by atoms with E-state index in [2.05, 4.69) is 4.90 Å². The van der Waals surface area contributed by atoms with Crippen molar-refractivity contribution in [1.29, 1.82) is 0 Å². The third kappa shape index (κ3) is 4.59. The molecule has 1 amide bonds. The minimum atomic E-state index is 0.175. The van der Waals surface area contributed by atoms with E-state index in [9.17, 15) is 4.79 Å². The number of ether oxygens (including phenoxy) is 1. The maximum atomic E-state index is 11.1. The topological polar surface area (TPSA) is 58.8 Å². The van der Waals surface area contributed by atoms with E-state index >= 15 is 0 Å². The second-order valence-corrected chi connectivity index (χ2v) is 3.75. The molecule has 0 bridgehead atoms. The van der Waals surface area contributed by atoms with Gasteiger partial charge in [-0.15, -0.1) is 0 Å². The summed E-state index contributed by atoms with van der Waals surface area (Å²) in [6.45, 7) is 8.09. The van der Waals surface area contributed by atoms with Gasteiger partial charge in [-0.1, -0.05) is 0 Å². The number of amides is 1. The molecule has 2 N–H and O–H groups in total. The molecule has 1 aliphatic heterocycles. The van der Waals surface area contributed by atoms with Gasteiger partial charge in [0.15, 0.2) is 0 Å². The monoisotopic (exact) mass is 215 g/mol. The van der Waals surface area contributed by atoms with Crippen molar-refractivity contribution in [3.05, 3.63) is 0 Å². The quantitative estimate of drug-likeness (QED) is 0.605. The molecule has 0 spiro atoms. The summed E-state index contributed by atoms with van der Waals surface area (Å²) in [6, 6.07) is 0. The predicted octanol–water partition coefficient (Wildman–Crippen LogP) is -0.874. The van der Waals surface area contributed by atoms with Crippen LogP contribution < -0.4 is 5.73 Å². The Morgan fingerprint density at radius 3 is 2.47 bits per heavy atom. The fourth-order valence-corrected chi connectivity index (χ4v) is 1.67. The lowest BCUT2D eigenvalue weighted by molar-refractivity contribution is -0.130. The first-order valence-electron chi connectivity index (χ1n) is 5.49. The summed E-state index contributed by atoms with van der Waals surface area (Å²) in [5.41, 5.74) is 5.32. The van der Waals surface area contributed by atoms with Crippen molar-refractivity contribution < 1.29 is 9.53 Å². The maximum absolute atomic E-state index is 11.1. The number of hydrogen-bond acceptors (Lipinski definition) is 4. The average Bonchev–Trinajstić information content (AvgIpc) is 2.25. The molecule has 0 unspecified atom stereocenters. The van der Waals surface area contributed by atoms with Crippen LogP contribution in [0.4, 0.5) is 0 Å². The van der Waals surface area contributed by atoms with Crippen molar-refractivity contribution in [3.63, 3.8) is 0 Å². The normalized spacial score (nSPS) is 18.1. The highest BCUT2D eigenvalue weighted by Crippen LogP contribution is 2.01. The van der Waals surface area contributed by atoms with Gasteiger partial charge in [0.05, 0.1) is 13.2 Å². The Balaban J connectivity index is 2.07. The van der Waals surface area contributed by atoms with Gasteiger partial charge in [0.1, 0.15) is 0 Å². The van der Waals surface area contributed by atoms with E-state index in [1.165, 1.54) is 0 Å². The number of piperazine rings is 1. The third-order valence-corrected chi connectivity index (χ3v) is 2.63. The molecule has 1 rings (SSSR count). The Hall–Kier alpha value is -0.650. The van der Waals surface area contributed by atoms with E-state index in [1.54, 1.807) is 6.92 Å². The highest BCUT2D eigenvalue weighted by molar-refractivity contribution is 5.73. The molecule has 0 saturated carbocycles. The van der Waals surface area contributed by atoms with Gasteiger partial charge >= 0.3 is 0 Å². The Bertz CT molecular complexity index is 191. The minimum absolute atomic E-state index is 0.175. The van der Waals surface area contributed by atoms with E-state index in [0.29, 0.717) is 13.2 Å². The summed E-state index contributed by atoms with van der Waals surface area (Å²) in [4.78, 5) is 15.3. The van der Waals surface area contributed by atoms with Gasteiger partial charge in [-0.05, 0) is 0 Å². The van der Waals surface area contributed by atoms with Gasteiger partial charge < -0.3 is 15.4 Å². The van der Waals surface area contributed by atoms with Crippen LogP contribution in [0.5, 0.6) is 0 Å². The molecular weight excluding hydrogens is 194 g/mol.